The quantitative estimate of drug-likeness (QED) is 0.848. The van der Waals surface area contributed by atoms with Gasteiger partial charge in [0, 0.05) is 18.3 Å². The van der Waals surface area contributed by atoms with Gasteiger partial charge in [0.2, 0.25) is 0 Å². The number of hydrogen-bond acceptors (Lipinski definition) is 4. The molecular formula is C16H15ClF3N3O2. The number of aromatic hydroxyl groups is 1. The molecule has 3 rings (SSSR count). The van der Waals surface area contributed by atoms with Crippen LogP contribution in [0.3, 0.4) is 0 Å². The molecule has 0 spiro atoms. The Balaban J connectivity index is 2.10. The fourth-order valence-corrected chi connectivity index (χ4v) is 3.27. The molecule has 0 radical (unpaired) electrons. The number of phenolic OH excluding ortho intramolecular Hbond substituents is 1. The second-order valence-corrected chi connectivity index (χ2v) is 6.28. The molecule has 25 heavy (non-hydrogen) atoms. The first-order valence-corrected chi connectivity index (χ1v) is 8.04. The van der Waals surface area contributed by atoms with Gasteiger partial charge < -0.3 is 10.4 Å². The third kappa shape index (κ3) is 3.50. The number of rotatable bonds is 2. The van der Waals surface area contributed by atoms with E-state index in [4.69, 9.17) is 11.6 Å². The lowest BCUT2D eigenvalue weighted by atomic mass is 10.0. The van der Waals surface area contributed by atoms with Gasteiger partial charge in [-0.25, -0.2) is 4.98 Å². The molecule has 1 atom stereocenters. The zero-order valence-electron chi connectivity index (χ0n) is 13.0. The number of aromatic nitrogens is 2. The molecule has 0 unspecified atom stereocenters. The van der Waals surface area contributed by atoms with Crippen LogP contribution >= 0.6 is 11.6 Å². The lowest BCUT2D eigenvalue weighted by Crippen LogP contribution is -2.36. The van der Waals surface area contributed by atoms with Gasteiger partial charge in [0.1, 0.15) is 5.75 Å². The van der Waals surface area contributed by atoms with Crippen LogP contribution in [0.25, 0.3) is 11.1 Å². The highest BCUT2D eigenvalue weighted by Crippen LogP contribution is 2.40. The highest BCUT2D eigenvalue weighted by atomic mass is 35.5. The largest absolute Gasteiger partial charge is 0.507 e. The maximum atomic E-state index is 12.8. The Morgan fingerprint density at radius 1 is 1.36 bits per heavy atom. The van der Waals surface area contributed by atoms with Gasteiger partial charge in [0.05, 0.1) is 28.5 Å². The molecule has 2 aromatic rings. The third-order valence-electron chi connectivity index (χ3n) is 4.19. The van der Waals surface area contributed by atoms with E-state index in [-0.39, 0.29) is 22.2 Å². The van der Waals surface area contributed by atoms with E-state index in [0.29, 0.717) is 18.7 Å². The maximum Gasteiger partial charge on any atom is 0.416 e. The zero-order valence-corrected chi connectivity index (χ0v) is 13.7. The molecule has 0 bridgehead atoms. The number of nitrogens with one attached hydrogen (secondary N) is 1. The summed E-state index contributed by atoms with van der Waals surface area (Å²) in [5.41, 5.74) is -1.73. The Kier molecular flexibility index (Phi) is 4.75. The van der Waals surface area contributed by atoms with Crippen LogP contribution in [0.2, 0.25) is 5.02 Å². The standard InChI is InChI=1S/C16H15ClF3N3O2/c17-12-4-9(16(18,19)20)5-13(24)14(12)11-7-22-8-23(15(11)25)10-2-1-3-21-6-10/h4-5,7-8,10,21,24H,1-3,6H2/t10-/m1/s1. The van der Waals surface area contributed by atoms with Crippen molar-refractivity contribution in [1.82, 2.24) is 14.9 Å². The van der Waals surface area contributed by atoms with Crippen LogP contribution in [0, 0.1) is 0 Å². The van der Waals surface area contributed by atoms with Crippen LogP contribution < -0.4 is 10.9 Å². The molecule has 2 heterocycles. The summed E-state index contributed by atoms with van der Waals surface area (Å²) in [6.45, 7) is 1.46. The van der Waals surface area contributed by atoms with Crippen molar-refractivity contribution in [2.75, 3.05) is 13.1 Å². The number of hydrogen-bond donors (Lipinski definition) is 2. The van der Waals surface area contributed by atoms with Gasteiger partial charge in [0.25, 0.3) is 5.56 Å². The number of halogens is 4. The minimum Gasteiger partial charge on any atom is -0.507 e. The lowest BCUT2D eigenvalue weighted by molar-refractivity contribution is -0.137. The second kappa shape index (κ2) is 6.68. The van der Waals surface area contributed by atoms with E-state index in [1.165, 1.54) is 17.1 Å². The van der Waals surface area contributed by atoms with Crippen LogP contribution in [0.4, 0.5) is 13.2 Å². The molecule has 0 saturated carbocycles. The van der Waals surface area contributed by atoms with Crippen molar-refractivity contribution in [1.29, 1.82) is 0 Å². The molecule has 134 valence electrons. The van der Waals surface area contributed by atoms with Crippen molar-refractivity contribution in [2.45, 2.75) is 25.1 Å². The molecule has 1 saturated heterocycles. The number of piperidine rings is 1. The van der Waals surface area contributed by atoms with Gasteiger partial charge in [0.15, 0.2) is 0 Å². The third-order valence-corrected chi connectivity index (χ3v) is 4.49. The van der Waals surface area contributed by atoms with Gasteiger partial charge in [-0.1, -0.05) is 11.6 Å². The maximum absolute atomic E-state index is 12.8. The fraction of sp³-hybridized carbons (Fsp3) is 0.375. The second-order valence-electron chi connectivity index (χ2n) is 5.87. The normalized spacial score (nSPS) is 18.3. The number of nitrogens with zero attached hydrogens (tertiary/aromatic N) is 2. The summed E-state index contributed by atoms with van der Waals surface area (Å²) in [5.74, 6) is -0.710. The topological polar surface area (TPSA) is 67.1 Å². The molecule has 1 aliphatic heterocycles. The Labute approximate surface area is 146 Å². The summed E-state index contributed by atoms with van der Waals surface area (Å²) in [7, 11) is 0. The van der Waals surface area contributed by atoms with E-state index in [1.807, 2.05) is 0 Å². The van der Waals surface area contributed by atoms with Crippen molar-refractivity contribution in [2.24, 2.45) is 0 Å². The lowest BCUT2D eigenvalue weighted by Gasteiger charge is -2.25. The van der Waals surface area contributed by atoms with Gasteiger partial charge in [-0.05, 0) is 31.5 Å². The van der Waals surface area contributed by atoms with Crippen molar-refractivity contribution >= 4 is 11.6 Å². The molecule has 9 heteroatoms. The summed E-state index contributed by atoms with van der Waals surface area (Å²) >= 11 is 5.94. The average molecular weight is 374 g/mol. The molecule has 1 fully saturated rings. The van der Waals surface area contributed by atoms with Crippen LogP contribution in [0.15, 0.2) is 29.5 Å². The van der Waals surface area contributed by atoms with Gasteiger partial charge >= 0.3 is 6.18 Å². The van der Waals surface area contributed by atoms with Crippen molar-refractivity contribution in [3.8, 4) is 16.9 Å². The number of alkyl halides is 3. The Bertz CT molecular complexity index is 822. The molecule has 0 amide bonds. The predicted octanol–water partition coefficient (Wildman–Crippen LogP) is 3.21. The van der Waals surface area contributed by atoms with E-state index >= 15 is 0 Å². The average Bonchev–Trinajstić information content (AvgIpc) is 2.55. The van der Waals surface area contributed by atoms with Crippen LogP contribution in [0.1, 0.15) is 24.4 Å². The number of phenols is 1. The minimum atomic E-state index is -4.65. The highest BCUT2D eigenvalue weighted by molar-refractivity contribution is 6.33. The van der Waals surface area contributed by atoms with Crippen molar-refractivity contribution < 1.29 is 18.3 Å². The summed E-state index contributed by atoms with van der Waals surface area (Å²) in [6.07, 6.45) is -0.386. The van der Waals surface area contributed by atoms with Crippen LogP contribution in [-0.4, -0.2) is 27.7 Å². The molecule has 5 nitrogen and oxygen atoms in total. The van der Waals surface area contributed by atoms with Crippen LogP contribution in [-0.2, 0) is 6.18 Å². The van der Waals surface area contributed by atoms with E-state index in [1.54, 1.807) is 0 Å². The molecule has 0 aliphatic carbocycles. The monoisotopic (exact) mass is 373 g/mol. The summed E-state index contributed by atoms with van der Waals surface area (Å²) in [6, 6.07) is 1.14. The summed E-state index contributed by atoms with van der Waals surface area (Å²) in [5, 5.41) is 12.9. The van der Waals surface area contributed by atoms with Gasteiger partial charge in [-0.15, -0.1) is 0 Å². The Hall–Kier alpha value is -2.06. The van der Waals surface area contributed by atoms with E-state index in [2.05, 4.69) is 10.3 Å². The minimum absolute atomic E-state index is 0.0377. The fourth-order valence-electron chi connectivity index (χ4n) is 2.95. The predicted molar refractivity (Wildman–Crippen MR) is 86.8 cm³/mol. The smallest absolute Gasteiger partial charge is 0.416 e. The summed E-state index contributed by atoms with van der Waals surface area (Å²) in [4.78, 5) is 16.8. The van der Waals surface area contributed by atoms with Gasteiger partial charge in [-0.2, -0.15) is 13.2 Å². The Morgan fingerprint density at radius 2 is 2.12 bits per heavy atom. The van der Waals surface area contributed by atoms with E-state index in [0.717, 1.165) is 19.4 Å². The molecule has 1 aromatic carbocycles. The molecule has 2 N–H and O–H groups in total. The van der Waals surface area contributed by atoms with E-state index in [9.17, 15) is 23.1 Å². The molecule has 1 aromatic heterocycles. The zero-order chi connectivity index (χ0) is 18.2. The Morgan fingerprint density at radius 3 is 2.72 bits per heavy atom. The van der Waals surface area contributed by atoms with Gasteiger partial charge in [-0.3, -0.25) is 9.36 Å². The van der Waals surface area contributed by atoms with Crippen molar-refractivity contribution in [3.63, 3.8) is 0 Å². The molecular weight excluding hydrogens is 359 g/mol. The van der Waals surface area contributed by atoms with E-state index < -0.39 is 23.0 Å². The molecule has 1 aliphatic rings. The SMILES string of the molecule is O=c1c(-c2c(O)cc(C(F)(F)F)cc2Cl)cncn1[C@@H]1CCCNC1. The first-order chi connectivity index (χ1) is 11.8. The summed E-state index contributed by atoms with van der Waals surface area (Å²) < 4.78 is 39.9. The first-order valence-electron chi connectivity index (χ1n) is 7.66. The van der Waals surface area contributed by atoms with Crippen LogP contribution in [0.5, 0.6) is 5.75 Å². The highest BCUT2D eigenvalue weighted by Gasteiger charge is 2.33. The first kappa shape index (κ1) is 17.8. The number of benzene rings is 1. The van der Waals surface area contributed by atoms with Crippen molar-refractivity contribution in [3.05, 3.63) is 45.6 Å².